The molecule has 5 nitrogen and oxygen atoms in total. The summed E-state index contributed by atoms with van der Waals surface area (Å²) in [6, 6.07) is 2.13. The minimum Gasteiger partial charge on any atom is -0.381 e. The lowest BCUT2D eigenvalue weighted by atomic mass is 9.92. The number of aromatic nitrogens is 3. The Bertz CT molecular complexity index is 608. The fraction of sp³-hybridized carbons (Fsp3) is 0.625. The Labute approximate surface area is 125 Å². The molecular weight excluding hydrogens is 264 g/mol. The van der Waals surface area contributed by atoms with Crippen molar-refractivity contribution in [2.24, 2.45) is 5.92 Å². The molecule has 0 amide bonds. The van der Waals surface area contributed by atoms with Crippen molar-refractivity contribution in [2.75, 3.05) is 25.1 Å². The van der Waals surface area contributed by atoms with E-state index >= 15 is 0 Å². The molecule has 1 fully saturated rings. The van der Waals surface area contributed by atoms with E-state index in [1.807, 2.05) is 10.7 Å². The van der Waals surface area contributed by atoms with Gasteiger partial charge in [-0.05, 0) is 24.8 Å². The zero-order valence-corrected chi connectivity index (χ0v) is 13.1. The van der Waals surface area contributed by atoms with Gasteiger partial charge < -0.3 is 10.1 Å². The van der Waals surface area contributed by atoms with E-state index in [1.165, 1.54) is 6.42 Å². The van der Waals surface area contributed by atoms with Crippen LogP contribution < -0.4 is 5.32 Å². The van der Waals surface area contributed by atoms with Gasteiger partial charge in [-0.15, -0.1) is 0 Å². The molecule has 1 N–H and O–H groups in total. The third kappa shape index (κ3) is 3.18. The number of rotatable bonds is 4. The van der Waals surface area contributed by atoms with Gasteiger partial charge in [0.25, 0.3) is 0 Å². The van der Waals surface area contributed by atoms with Gasteiger partial charge in [-0.2, -0.15) is 5.10 Å². The first-order valence-electron chi connectivity index (χ1n) is 7.70. The third-order valence-corrected chi connectivity index (χ3v) is 4.03. The second kappa shape index (κ2) is 5.64. The summed E-state index contributed by atoms with van der Waals surface area (Å²) in [6.07, 6.45) is 6.01. The van der Waals surface area contributed by atoms with Crippen LogP contribution >= 0.6 is 0 Å². The topological polar surface area (TPSA) is 51.5 Å². The Kier molecular flexibility index (Phi) is 3.85. The molecular formula is C16H24N4O. The normalized spacial score (nSPS) is 19.3. The van der Waals surface area contributed by atoms with Crippen LogP contribution in [0.5, 0.6) is 0 Å². The molecule has 0 radical (unpaired) electrons. The third-order valence-electron chi connectivity index (χ3n) is 4.03. The summed E-state index contributed by atoms with van der Waals surface area (Å²) in [7, 11) is 0. The van der Waals surface area contributed by atoms with Gasteiger partial charge in [0.15, 0.2) is 5.82 Å². The van der Waals surface area contributed by atoms with Crippen molar-refractivity contribution in [3.8, 4) is 0 Å². The molecule has 114 valence electrons. The minimum absolute atomic E-state index is 0.0461. The lowest BCUT2D eigenvalue weighted by Crippen LogP contribution is -2.11. The minimum atomic E-state index is 0.0461. The molecule has 3 rings (SSSR count). The highest BCUT2D eigenvalue weighted by Gasteiger charge is 2.19. The van der Waals surface area contributed by atoms with Crippen LogP contribution in [0.4, 0.5) is 5.82 Å². The zero-order valence-electron chi connectivity index (χ0n) is 13.1. The highest BCUT2D eigenvalue weighted by atomic mass is 16.5. The van der Waals surface area contributed by atoms with Gasteiger partial charge in [-0.3, -0.25) is 0 Å². The van der Waals surface area contributed by atoms with E-state index < -0.39 is 0 Å². The van der Waals surface area contributed by atoms with Crippen molar-refractivity contribution in [1.82, 2.24) is 14.6 Å². The lowest BCUT2D eigenvalue weighted by molar-refractivity contribution is 0.185. The first kappa shape index (κ1) is 14.3. The maximum absolute atomic E-state index is 5.41. The first-order valence-corrected chi connectivity index (χ1v) is 7.70. The summed E-state index contributed by atoms with van der Waals surface area (Å²) in [5.74, 6) is 1.60. The summed E-state index contributed by atoms with van der Waals surface area (Å²) in [4.78, 5) is 4.46. The van der Waals surface area contributed by atoms with Crippen molar-refractivity contribution in [2.45, 2.75) is 39.0 Å². The summed E-state index contributed by atoms with van der Waals surface area (Å²) in [6.45, 7) is 9.27. The molecule has 1 saturated heterocycles. The van der Waals surface area contributed by atoms with Crippen molar-refractivity contribution in [3.63, 3.8) is 0 Å². The summed E-state index contributed by atoms with van der Waals surface area (Å²) >= 11 is 0. The predicted molar refractivity (Wildman–Crippen MR) is 83.7 cm³/mol. The van der Waals surface area contributed by atoms with E-state index in [-0.39, 0.29) is 5.41 Å². The van der Waals surface area contributed by atoms with Gasteiger partial charge in [0, 0.05) is 37.6 Å². The van der Waals surface area contributed by atoms with E-state index in [9.17, 15) is 0 Å². The molecule has 1 aliphatic rings. The second-order valence-electron chi connectivity index (χ2n) is 6.83. The van der Waals surface area contributed by atoms with Crippen LogP contribution in [0.3, 0.4) is 0 Å². The van der Waals surface area contributed by atoms with Gasteiger partial charge in [-0.25, -0.2) is 9.50 Å². The molecule has 1 aliphatic heterocycles. The van der Waals surface area contributed by atoms with Crippen LogP contribution in [0.2, 0.25) is 0 Å². The highest BCUT2D eigenvalue weighted by molar-refractivity contribution is 5.68. The number of fused-ring (bicyclic) bond motifs is 1. The monoisotopic (exact) mass is 288 g/mol. The van der Waals surface area contributed by atoms with Crippen molar-refractivity contribution in [3.05, 3.63) is 24.2 Å². The average molecular weight is 288 g/mol. The molecule has 0 spiro atoms. The summed E-state index contributed by atoms with van der Waals surface area (Å²) in [5.41, 5.74) is 2.18. The maximum atomic E-state index is 5.41. The number of anilines is 1. The average Bonchev–Trinajstić information content (AvgIpc) is 3.06. The van der Waals surface area contributed by atoms with E-state index in [4.69, 9.17) is 4.74 Å². The van der Waals surface area contributed by atoms with E-state index in [2.05, 4.69) is 42.2 Å². The second-order valence-corrected chi connectivity index (χ2v) is 6.83. The van der Waals surface area contributed by atoms with Crippen LogP contribution in [-0.2, 0) is 10.2 Å². The zero-order chi connectivity index (χ0) is 14.9. The number of ether oxygens (including phenoxy) is 1. The number of hydrogen-bond acceptors (Lipinski definition) is 4. The Morgan fingerprint density at radius 2 is 2.29 bits per heavy atom. The molecule has 0 aliphatic carbocycles. The molecule has 1 unspecified atom stereocenters. The number of hydrogen-bond donors (Lipinski definition) is 1. The van der Waals surface area contributed by atoms with Crippen molar-refractivity contribution < 1.29 is 4.74 Å². The van der Waals surface area contributed by atoms with Gasteiger partial charge in [0.2, 0.25) is 0 Å². The molecule has 0 aromatic carbocycles. The molecule has 1 atom stereocenters. The molecule has 2 aromatic rings. The Morgan fingerprint density at radius 1 is 1.43 bits per heavy atom. The van der Waals surface area contributed by atoms with Gasteiger partial charge in [-0.1, -0.05) is 20.8 Å². The molecule has 21 heavy (non-hydrogen) atoms. The maximum Gasteiger partial charge on any atom is 0.152 e. The molecule has 3 heterocycles. The SMILES string of the molecule is CC(C)(C)c1cc2c(NCCC3CCOC3)nccn2n1. The molecule has 5 heteroatoms. The van der Waals surface area contributed by atoms with Crippen molar-refractivity contribution in [1.29, 1.82) is 0 Å². The van der Waals surface area contributed by atoms with Crippen LogP contribution in [-0.4, -0.2) is 34.4 Å². The number of nitrogens with zero attached hydrogens (tertiary/aromatic N) is 3. The fourth-order valence-electron chi connectivity index (χ4n) is 2.63. The summed E-state index contributed by atoms with van der Waals surface area (Å²) < 4.78 is 7.32. The Hall–Kier alpha value is -1.62. The van der Waals surface area contributed by atoms with Crippen LogP contribution in [0, 0.1) is 5.92 Å². The quantitative estimate of drug-likeness (QED) is 0.940. The summed E-state index contributed by atoms with van der Waals surface area (Å²) in [5, 5.41) is 8.10. The number of nitrogens with one attached hydrogen (secondary N) is 1. The van der Waals surface area contributed by atoms with Crippen molar-refractivity contribution >= 4 is 11.3 Å². The largest absolute Gasteiger partial charge is 0.381 e. The Morgan fingerprint density at radius 3 is 3.00 bits per heavy atom. The molecule has 2 aromatic heterocycles. The predicted octanol–water partition coefficient (Wildman–Crippen LogP) is 2.87. The molecule has 0 saturated carbocycles. The van der Waals surface area contributed by atoms with Crippen LogP contribution in [0.1, 0.15) is 39.3 Å². The van der Waals surface area contributed by atoms with E-state index in [1.54, 1.807) is 6.20 Å². The molecule has 0 bridgehead atoms. The van der Waals surface area contributed by atoms with Gasteiger partial charge in [0.05, 0.1) is 5.69 Å². The standard InChI is InChI=1S/C16H24N4O/c1-16(2,3)14-10-13-15(18-7-8-20(13)19-14)17-6-4-12-5-9-21-11-12/h7-8,10,12H,4-6,9,11H2,1-3H3,(H,17,18). The highest BCUT2D eigenvalue weighted by Crippen LogP contribution is 2.24. The van der Waals surface area contributed by atoms with Crippen LogP contribution in [0.25, 0.3) is 5.52 Å². The van der Waals surface area contributed by atoms with E-state index in [0.29, 0.717) is 5.92 Å². The van der Waals surface area contributed by atoms with Gasteiger partial charge in [0.1, 0.15) is 5.52 Å². The smallest absolute Gasteiger partial charge is 0.152 e. The first-order chi connectivity index (χ1) is 10.0. The van der Waals surface area contributed by atoms with Gasteiger partial charge >= 0.3 is 0 Å². The van der Waals surface area contributed by atoms with Crippen LogP contribution in [0.15, 0.2) is 18.5 Å². The fourth-order valence-corrected chi connectivity index (χ4v) is 2.63. The lowest BCUT2D eigenvalue weighted by Gasteiger charge is -2.13. The Balaban J connectivity index is 1.73. The van der Waals surface area contributed by atoms with E-state index in [0.717, 1.165) is 43.2 Å².